The van der Waals surface area contributed by atoms with Crippen molar-refractivity contribution in [1.82, 2.24) is 10.3 Å². The van der Waals surface area contributed by atoms with Gasteiger partial charge in [0.25, 0.3) is 5.91 Å². The van der Waals surface area contributed by atoms with Crippen LogP contribution < -0.4 is 5.32 Å². The molecule has 82 valence electrons. The molecule has 0 bridgehead atoms. The van der Waals surface area contributed by atoms with Gasteiger partial charge in [-0.3, -0.25) is 9.78 Å². The van der Waals surface area contributed by atoms with Crippen LogP contribution in [0.15, 0.2) is 18.5 Å². The number of carbonyl (C=O) groups excluding carboxylic acids is 1. The van der Waals surface area contributed by atoms with Gasteiger partial charge < -0.3 is 5.32 Å². The Morgan fingerprint density at radius 3 is 2.73 bits per heavy atom. The smallest absolute Gasteiger partial charge is 0.352 e. The van der Waals surface area contributed by atoms with E-state index in [1.165, 1.54) is 0 Å². The number of nitrogens with one attached hydrogen (secondary N) is 1. The number of hydrogen-bond acceptors (Lipinski definition) is 2. The molecule has 0 unspecified atom stereocenters. The summed E-state index contributed by atoms with van der Waals surface area (Å²) in [5.41, 5.74) is -1.42. The van der Waals surface area contributed by atoms with Crippen molar-refractivity contribution < 1.29 is 18.0 Å². The predicted octanol–water partition coefficient (Wildman–Crippen LogP) is 1.85. The van der Waals surface area contributed by atoms with Gasteiger partial charge in [-0.25, -0.2) is 0 Å². The number of carbonyl (C=O) groups is 1. The van der Waals surface area contributed by atoms with E-state index in [1.54, 1.807) is 6.92 Å². The van der Waals surface area contributed by atoms with Crippen molar-refractivity contribution in [3.63, 3.8) is 0 Å². The molecule has 0 saturated carbocycles. The van der Waals surface area contributed by atoms with E-state index in [0.29, 0.717) is 0 Å². The molecule has 0 radical (unpaired) electrons. The second-order valence-electron chi connectivity index (χ2n) is 2.78. The Labute approximate surface area is 84.3 Å². The lowest BCUT2D eigenvalue weighted by molar-refractivity contribution is -0.138. The predicted molar refractivity (Wildman–Crippen MR) is 47.2 cm³/mol. The van der Waals surface area contributed by atoms with Gasteiger partial charge in [0.1, 0.15) is 0 Å². The number of hydrogen-bond donors (Lipinski definition) is 1. The molecule has 1 N–H and O–H groups in total. The van der Waals surface area contributed by atoms with E-state index in [-0.39, 0.29) is 6.54 Å². The Bertz CT molecular complexity index is 363. The van der Waals surface area contributed by atoms with E-state index in [4.69, 9.17) is 0 Å². The number of amides is 1. The van der Waals surface area contributed by atoms with Crippen LogP contribution in [0.25, 0.3) is 0 Å². The molecule has 3 nitrogen and oxygen atoms in total. The average molecular weight is 218 g/mol. The first-order valence-electron chi connectivity index (χ1n) is 4.26. The zero-order valence-corrected chi connectivity index (χ0v) is 7.93. The van der Waals surface area contributed by atoms with Crippen molar-refractivity contribution >= 4 is 5.91 Å². The van der Waals surface area contributed by atoms with Gasteiger partial charge in [-0.1, -0.05) is 0 Å². The first-order valence-corrected chi connectivity index (χ1v) is 4.26. The standard InChI is InChI=1S/C9H9F3N2O/c1-2-14-8(15)6-5-13-4-3-7(6)9(10,11)12/h3-5H,2H2,1H3,(H,14,15). The van der Waals surface area contributed by atoms with Gasteiger partial charge in [0.05, 0.1) is 11.1 Å². The molecule has 15 heavy (non-hydrogen) atoms. The van der Waals surface area contributed by atoms with Crippen molar-refractivity contribution in [2.45, 2.75) is 13.1 Å². The molecule has 0 spiro atoms. The number of halogens is 3. The van der Waals surface area contributed by atoms with Crippen LogP contribution in [0.2, 0.25) is 0 Å². The van der Waals surface area contributed by atoms with Crippen LogP contribution in [-0.4, -0.2) is 17.4 Å². The summed E-state index contributed by atoms with van der Waals surface area (Å²) < 4.78 is 37.3. The third-order valence-electron chi connectivity index (χ3n) is 1.71. The van der Waals surface area contributed by atoms with Crippen molar-refractivity contribution in [1.29, 1.82) is 0 Å². The Kier molecular flexibility index (Phi) is 3.28. The van der Waals surface area contributed by atoms with Gasteiger partial charge in [-0.2, -0.15) is 13.2 Å². The van der Waals surface area contributed by atoms with E-state index in [9.17, 15) is 18.0 Å². The van der Waals surface area contributed by atoms with Crippen molar-refractivity contribution in [3.8, 4) is 0 Å². The topological polar surface area (TPSA) is 42.0 Å². The fraction of sp³-hybridized carbons (Fsp3) is 0.333. The average Bonchev–Trinajstić information content (AvgIpc) is 2.17. The summed E-state index contributed by atoms with van der Waals surface area (Å²) >= 11 is 0. The third-order valence-corrected chi connectivity index (χ3v) is 1.71. The minimum Gasteiger partial charge on any atom is -0.352 e. The first kappa shape index (κ1) is 11.5. The summed E-state index contributed by atoms with van der Waals surface area (Å²) in [5.74, 6) is -0.766. The van der Waals surface area contributed by atoms with E-state index in [0.717, 1.165) is 18.5 Å². The second-order valence-corrected chi connectivity index (χ2v) is 2.78. The quantitative estimate of drug-likeness (QED) is 0.823. The molecule has 1 heterocycles. The Morgan fingerprint density at radius 2 is 2.20 bits per heavy atom. The van der Waals surface area contributed by atoms with Gasteiger partial charge in [0.15, 0.2) is 0 Å². The van der Waals surface area contributed by atoms with E-state index in [2.05, 4.69) is 10.3 Å². The van der Waals surface area contributed by atoms with Crippen LogP contribution in [0.4, 0.5) is 13.2 Å². The molecule has 0 saturated heterocycles. The third kappa shape index (κ3) is 2.68. The number of aromatic nitrogens is 1. The van der Waals surface area contributed by atoms with Gasteiger partial charge in [-0.15, -0.1) is 0 Å². The van der Waals surface area contributed by atoms with Crippen molar-refractivity contribution in [3.05, 3.63) is 29.6 Å². The van der Waals surface area contributed by atoms with Crippen LogP contribution in [0, 0.1) is 0 Å². The molecule has 6 heteroatoms. The number of alkyl halides is 3. The fourth-order valence-corrected chi connectivity index (χ4v) is 1.08. The molecule has 1 rings (SSSR count). The molecule has 0 aromatic carbocycles. The summed E-state index contributed by atoms with van der Waals surface area (Å²) in [4.78, 5) is 14.8. The highest BCUT2D eigenvalue weighted by atomic mass is 19.4. The normalized spacial score (nSPS) is 11.2. The molecule has 1 aromatic rings. The molecule has 0 aliphatic heterocycles. The molecular weight excluding hydrogens is 209 g/mol. The number of nitrogens with zero attached hydrogens (tertiary/aromatic N) is 1. The summed E-state index contributed by atoms with van der Waals surface area (Å²) in [5, 5.41) is 2.30. The van der Waals surface area contributed by atoms with Crippen LogP contribution >= 0.6 is 0 Å². The first-order chi connectivity index (χ1) is 6.96. The zero-order valence-electron chi connectivity index (χ0n) is 7.93. The number of rotatable bonds is 2. The van der Waals surface area contributed by atoms with Crippen LogP contribution in [0.5, 0.6) is 0 Å². The van der Waals surface area contributed by atoms with Gasteiger partial charge >= 0.3 is 6.18 Å². The van der Waals surface area contributed by atoms with Gasteiger partial charge in [0, 0.05) is 18.9 Å². The lowest BCUT2D eigenvalue weighted by Gasteiger charge is -2.11. The Hall–Kier alpha value is -1.59. The molecule has 0 atom stereocenters. The summed E-state index contributed by atoms with van der Waals surface area (Å²) in [7, 11) is 0. The molecular formula is C9H9F3N2O. The summed E-state index contributed by atoms with van der Waals surface area (Å²) in [6.07, 6.45) is -2.62. The highest BCUT2D eigenvalue weighted by molar-refractivity contribution is 5.95. The van der Waals surface area contributed by atoms with Crippen LogP contribution in [0.1, 0.15) is 22.8 Å². The molecule has 1 aromatic heterocycles. The van der Waals surface area contributed by atoms with E-state index < -0.39 is 23.2 Å². The highest BCUT2D eigenvalue weighted by Gasteiger charge is 2.34. The minimum absolute atomic E-state index is 0.269. The summed E-state index contributed by atoms with van der Waals surface area (Å²) in [6, 6.07) is 0.782. The summed E-state index contributed by atoms with van der Waals surface area (Å²) in [6.45, 7) is 1.90. The van der Waals surface area contributed by atoms with Crippen LogP contribution in [0.3, 0.4) is 0 Å². The number of pyridine rings is 1. The van der Waals surface area contributed by atoms with Crippen molar-refractivity contribution in [2.24, 2.45) is 0 Å². The maximum absolute atomic E-state index is 12.4. The lowest BCUT2D eigenvalue weighted by atomic mass is 10.1. The Balaban J connectivity index is 3.12. The minimum atomic E-state index is -4.54. The largest absolute Gasteiger partial charge is 0.417 e. The zero-order chi connectivity index (χ0) is 11.5. The molecule has 0 fully saturated rings. The maximum atomic E-state index is 12.4. The SMILES string of the molecule is CCNC(=O)c1cnccc1C(F)(F)F. The van der Waals surface area contributed by atoms with Crippen LogP contribution in [-0.2, 0) is 6.18 Å². The van der Waals surface area contributed by atoms with Gasteiger partial charge in [-0.05, 0) is 13.0 Å². The molecule has 0 aliphatic rings. The van der Waals surface area contributed by atoms with E-state index in [1.807, 2.05) is 0 Å². The molecule has 1 amide bonds. The van der Waals surface area contributed by atoms with E-state index >= 15 is 0 Å². The monoisotopic (exact) mass is 218 g/mol. The molecule has 0 aliphatic carbocycles. The van der Waals surface area contributed by atoms with Gasteiger partial charge in [0.2, 0.25) is 0 Å². The second kappa shape index (κ2) is 4.29. The lowest BCUT2D eigenvalue weighted by Crippen LogP contribution is -2.26. The maximum Gasteiger partial charge on any atom is 0.417 e. The Morgan fingerprint density at radius 1 is 1.53 bits per heavy atom. The fourth-order valence-electron chi connectivity index (χ4n) is 1.08. The highest BCUT2D eigenvalue weighted by Crippen LogP contribution is 2.31. The van der Waals surface area contributed by atoms with Crippen molar-refractivity contribution in [2.75, 3.05) is 6.54 Å².